The SMILES string of the molecule is CCCC1CCC(C2CCC(c3ccc4c(c3)C(F)(F)C(F)(F)C(C(F)(F)F)O4)CC2)CC1. The molecule has 1 aromatic rings. The number of fused-ring (bicyclic) bond motifs is 1. The van der Waals surface area contributed by atoms with E-state index in [1.165, 1.54) is 44.6 Å². The third kappa shape index (κ3) is 4.60. The van der Waals surface area contributed by atoms with Crippen LogP contribution >= 0.6 is 0 Å². The van der Waals surface area contributed by atoms with Gasteiger partial charge in [-0.1, -0.05) is 38.7 Å². The van der Waals surface area contributed by atoms with E-state index in [1.807, 2.05) is 0 Å². The first-order valence-corrected chi connectivity index (χ1v) is 12.1. The zero-order chi connectivity index (χ0) is 24.0. The molecule has 2 fully saturated rings. The van der Waals surface area contributed by atoms with Crippen molar-refractivity contribution in [3.05, 3.63) is 29.3 Å². The van der Waals surface area contributed by atoms with Crippen molar-refractivity contribution in [2.45, 2.75) is 101 Å². The first kappa shape index (κ1) is 24.6. The summed E-state index contributed by atoms with van der Waals surface area (Å²) in [4.78, 5) is 0. The summed E-state index contributed by atoms with van der Waals surface area (Å²) in [7, 11) is 0. The number of hydrogen-bond acceptors (Lipinski definition) is 1. The van der Waals surface area contributed by atoms with Crippen LogP contribution in [0.2, 0.25) is 0 Å². The molecule has 0 aromatic heterocycles. The Kier molecular flexibility index (Phi) is 6.69. The van der Waals surface area contributed by atoms with Gasteiger partial charge in [0, 0.05) is 0 Å². The summed E-state index contributed by atoms with van der Waals surface area (Å²) >= 11 is 0. The Morgan fingerprint density at radius 1 is 0.879 bits per heavy atom. The molecule has 0 saturated heterocycles. The van der Waals surface area contributed by atoms with Crippen LogP contribution in [0.15, 0.2) is 18.2 Å². The predicted molar refractivity (Wildman–Crippen MR) is 111 cm³/mol. The summed E-state index contributed by atoms with van der Waals surface area (Å²) in [5, 5.41) is 0. The summed E-state index contributed by atoms with van der Waals surface area (Å²) in [6.07, 6.45) is 1.49. The highest BCUT2D eigenvalue weighted by Crippen LogP contribution is 2.56. The van der Waals surface area contributed by atoms with Crippen LogP contribution in [0, 0.1) is 17.8 Å². The molecule has 0 radical (unpaired) electrons. The second kappa shape index (κ2) is 8.95. The lowest BCUT2D eigenvalue weighted by Gasteiger charge is -2.40. The lowest BCUT2D eigenvalue weighted by Crippen LogP contribution is -2.59. The minimum absolute atomic E-state index is 0.0623. The quantitative estimate of drug-likeness (QED) is 0.392. The molecule has 2 aliphatic carbocycles. The molecule has 4 rings (SSSR count). The Hall–Kier alpha value is -1.47. The van der Waals surface area contributed by atoms with Crippen molar-refractivity contribution < 1.29 is 35.5 Å². The molecule has 0 spiro atoms. The van der Waals surface area contributed by atoms with E-state index in [-0.39, 0.29) is 5.92 Å². The summed E-state index contributed by atoms with van der Waals surface area (Å²) in [6, 6.07) is 3.39. The van der Waals surface area contributed by atoms with Gasteiger partial charge in [-0.05, 0) is 79.9 Å². The zero-order valence-corrected chi connectivity index (χ0v) is 18.7. The first-order valence-electron chi connectivity index (χ1n) is 12.1. The first-order chi connectivity index (χ1) is 15.4. The molecular formula is C25H31F7O. The molecule has 1 nitrogen and oxygen atoms in total. The standard InChI is InChI=1S/C25H31F7O/c1-2-3-15-4-6-16(7-5-15)17-8-10-18(11-9-17)19-12-13-21-20(14-19)23(26,27)24(28,29)22(33-21)25(30,31)32/h12-18,22H,2-11H2,1H3. The van der Waals surface area contributed by atoms with Gasteiger partial charge in [-0.2, -0.15) is 30.7 Å². The lowest BCUT2D eigenvalue weighted by molar-refractivity contribution is -0.332. The maximum Gasteiger partial charge on any atom is 0.431 e. The second-order valence-corrected chi connectivity index (χ2v) is 10.2. The van der Waals surface area contributed by atoms with Gasteiger partial charge in [-0.3, -0.25) is 0 Å². The Morgan fingerprint density at radius 3 is 2.00 bits per heavy atom. The molecule has 8 heteroatoms. The molecular weight excluding hydrogens is 449 g/mol. The highest BCUT2D eigenvalue weighted by atomic mass is 19.4. The fraction of sp³-hybridized carbons (Fsp3) is 0.760. The van der Waals surface area contributed by atoms with Crippen LogP contribution in [-0.2, 0) is 5.92 Å². The Labute approximate surface area is 190 Å². The molecule has 3 aliphatic rings. The van der Waals surface area contributed by atoms with Gasteiger partial charge in [0.05, 0.1) is 5.56 Å². The molecule has 1 heterocycles. The lowest BCUT2D eigenvalue weighted by atomic mass is 9.68. The van der Waals surface area contributed by atoms with Crippen molar-refractivity contribution >= 4 is 0 Å². The van der Waals surface area contributed by atoms with Crippen molar-refractivity contribution in [1.82, 2.24) is 0 Å². The molecule has 1 atom stereocenters. The Morgan fingerprint density at radius 2 is 1.45 bits per heavy atom. The highest BCUT2D eigenvalue weighted by molar-refractivity contribution is 5.45. The van der Waals surface area contributed by atoms with Gasteiger partial charge in [0.2, 0.25) is 0 Å². The molecule has 1 aliphatic heterocycles. The largest absolute Gasteiger partial charge is 0.474 e. The molecule has 0 amide bonds. The fourth-order valence-corrected chi connectivity index (χ4v) is 6.25. The van der Waals surface area contributed by atoms with Crippen molar-refractivity contribution in [1.29, 1.82) is 0 Å². The highest BCUT2D eigenvalue weighted by Gasteiger charge is 2.74. The van der Waals surface area contributed by atoms with E-state index in [1.54, 1.807) is 0 Å². The maximum absolute atomic E-state index is 14.6. The molecule has 1 unspecified atom stereocenters. The third-order valence-electron chi connectivity index (χ3n) is 8.13. The number of hydrogen-bond donors (Lipinski definition) is 0. The second-order valence-electron chi connectivity index (χ2n) is 10.2. The molecule has 33 heavy (non-hydrogen) atoms. The van der Waals surface area contributed by atoms with Gasteiger partial charge in [-0.25, -0.2) is 0 Å². The predicted octanol–water partition coefficient (Wildman–Crippen LogP) is 8.62. The van der Waals surface area contributed by atoms with Crippen LogP contribution in [0.3, 0.4) is 0 Å². The van der Waals surface area contributed by atoms with Gasteiger partial charge in [0.25, 0.3) is 6.10 Å². The minimum atomic E-state index is -5.61. The van der Waals surface area contributed by atoms with Crippen molar-refractivity contribution in [3.63, 3.8) is 0 Å². The van der Waals surface area contributed by atoms with Crippen LogP contribution in [0.25, 0.3) is 0 Å². The van der Waals surface area contributed by atoms with Crippen LogP contribution in [-0.4, -0.2) is 18.2 Å². The Balaban J connectivity index is 1.44. The van der Waals surface area contributed by atoms with E-state index < -0.39 is 35.4 Å². The average molecular weight is 481 g/mol. The minimum Gasteiger partial charge on any atom is -0.474 e. The van der Waals surface area contributed by atoms with Gasteiger partial charge >= 0.3 is 18.0 Å². The van der Waals surface area contributed by atoms with E-state index in [0.29, 0.717) is 17.4 Å². The smallest absolute Gasteiger partial charge is 0.431 e. The van der Waals surface area contributed by atoms with Crippen LogP contribution < -0.4 is 4.74 Å². The van der Waals surface area contributed by atoms with E-state index in [0.717, 1.165) is 43.7 Å². The molecule has 1 aromatic carbocycles. The summed E-state index contributed by atoms with van der Waals surface area (Å²) in [6.45, 7) is 2.21. The Bertz CT molecular complexity index is 819. The maximum atomic E-state index is 14.6. The van der Waals surface area contributed by atoms with E-state index >= 15 is 0 Å². The van der Waals surface area contributed by atoms with Gasteiger partial charge < -0.3 is 4.74 Å². The number of benzene rings is 1. The van der Waals surface area contributed by atoms with Gasteiger partial charge in [-0.15, -0.1) is 0 Å². The van der Waals surface area contributed by atoms with E-state index in [2.05, 4.69) is 11.7 Å². The van der Waals surface area contributed by atoms with Crippen LogP contribution in [0.5, 0.6) is 5.75 Å². The summed E-state index contributed by atoms with van der Waals surface area (Å²) in [5.41, 5.74) is -0.676. The number of rotatable bonds is 4. The number of halogens is 7. The normalized spacial score (nSPS) is 33.8. The average Bonchev–Trinajstić information content (AvgIpc) is 2.76. The molecule has 0 bridgehead atoms. The topological polar surface area (TPSA) is 9.23 Å². The summed E-state index contributed by atoms with van der Waals surface area (Å²) in [5.74, 6) is -9.11. The van der Waals surface area contributed by atoms with E-state index in [4.69, 9.17) is 0 Å². The van der Waals surface area contributed by atoms with E-state index in [9.17, 15) is 30.7 Å². The van der Waals surface area contributed by atoms with Crippen molar-refractivity contribution in [3.8, 4) is 5.75 Å². The van der Waals surface area contributed by atoms with Crippen molar-refractivity contribution in [2.24, 2.45) is 17.8 Å². The molecule has 186 valence electrons. The van der Waals surface area contributed by atoms with Crippen LogP contribution in [0.1, 0.15) is 88.2 Å². The third-order valence-corrected chi connectivity index (χ3v) is 8.13. The van der Waals surface area contributed by atoms with Crippen LogP contribution in [0.4, 0.5) is 30.7 Å². The number of alkyl halides is 7. The van der Waals surface area contributed by atoms with Gasteiger partial charge in [0.1, 0.15) is 5.75 Å². The molecule has 0 N–H and O–H groups in total. The van der Waals surface area contributed by atoms with Crippen molar-refractivity contribution in [2.75, 3.05) is 0 Å². The van der Waals surface area contributed by atoms with Gasteiger partial charge in [0.15, 0.2) is 0 Å². The number of ether oxygens (including phenoxy) is 1. The fourth-order valence-electron chi connectivity index (χ4n) is 6.25. The monoisotopic (exact) mass is 480 g/mol. The molecule has 2 saturated carbocycles. The summed E-state index contributed by atoms with van der Waals surface area (Å²) < 4.78 is 101. The zero-order valence-electron chi connectivity index (χ0n) is 18.7.